The third-order valence-electron chi connectivity index (χ3n) is 2.99. The van der Waals surface area contributed by atoms with Crippen LogP contribution in [0.2, 0.25) is 0 Å². The average Bonchev–Trinajstić information content (AvgIpc) is 2.02. The molecule has 3 nitrogen and oxygen atoms in total. The van der Waals surface area contributed by atoms with Crippen molar-refractivity contribution < 1.29 is 8.42 Å². The molecule has 0 aromatic heterocycles. The summed E-state index contributed by atoms with van der Waals surface area (Å²) < 4.78 is 21.8. The maximum absolute atomic E-state index is 10.9. The Kier molecular flexibility index (Phi) is 2.12. The summed E-state index contributed by atoms with van der Waals surface area (Å²) in [6.07, 6.45) is 2.33. The molecule has 0 bridgehead atoms. The molecule has 70 valence electrons. The molecule has 0 unspecified atom stereocenters. The molecule has 2 saturated heterocycles. The number of hydrogen-bond donors (Lipinski definition) is 1. The summed E-state index contributed by atoms with van der Waals surface area (Å²) in [7, 11) is -2.60. The van der Waals surface area contributed by atoms with Crippen LogP contribution in [0, 0.1) is 11.8 Å². The summed E-state index contributed by atoms with van der Waals surface area (Å²) in [5.41, 5.74) is 0. The molecule has 0 aliphatic carbocycles. The summed E-state index contributed by atoms with van der Waals surface area (Å²) in [6, 6.07) is 0. The van der Waals surface area contributed by atoms with Gasteiger partial charge in [0.15, 0.2) is 9.84 Å². The van der Waals surface area contributed by atoms with Crippen LogP contribution in [0.25, 0.3) is 0 Å². The fourth-order valence-corrected chi connectivity index (χ4v) is 3.94. The van der Waals surface area contributed by atoms with Gasteiger partial charge in [-0.2, -0.15) is 0 Å². The Morgan fingerprint density at radius 2 is 1.58 bits per heavy atom. The van der Waals surface area contributed by atoms with E-state index in [1.165, 1.54) is 12.8 Å². The molecule has 0 spiro atoms. The van der Waals surface area contributed by atoms with Crippen LogP contribution in [0.4, 0.5) is 0 Å². The van der Waals surface area contributed by atoms with Crippen molar-refractivity contribution in [3.05, 3.63) is 0 Å². The van der Waals surface area contributed by atoms with Gasteiger partial charge in [0.1, 0.15) is 0 Å². The zero-order valence-electron chi connectivity index (χ0n) is 7.12. The highest BCUT2D eigenvalue weighted by molar-refractivity contribution is 7.92. The number of hydrogen-bond acceptors (Lipinski definition) is 3. The third-order valence-corrected chi connectivity index (χ3v) is 4.86. The standard InChI is InChI=1S/C8H15NO2S/c10-12(11)5-8(6-12)7-1-3-9-4-2-7/h7-9H,1-6H2. The van der Waals surface area contributed by atoms with Crippen LogP contribution in [0.3, 0.4) is 0 Å². The van der Waals surface area contributed by atoms with Crippen molar-refractivity contribution in [3.63, 3.8) is 0 Å². The normalized spacial score (nSPS) is 31.3. The molecule has 0 amide bonds. The Morgan fingerprint density at radius 1 is 1.00 bits per heavy atom. The molecule has 0 saturated carbocycles. The Bertz CT molecular complexity index is 242. The van der Waals surface area contributed by atoms with E-state index in [0.717, 1.165) is 13.1 Å². The van der Waals surface area contributed by atoms with E-state index < -0.39 is 9.84 Å². The van der Waals surface area contributed by atoms with Crippen molar-refractivity contribution in [2.45, 2.75) is 12.8 Å². The van der Waals surface area contributed by atoms with Crippen LogP contribution < -0.4 is 5.32 Å². The summed E-state index contributed by atoms with van der Waals surface area (Å²) >= 11 is 0. The molecule has 0 atom stereocenters. The Balaban J connectivity index is 1.87. The van der Waals surface area contributed by atoms with E-state index in [-0.39, 0.29) is 0 Å². The maximum atomic E-state index is 10.9. The van der Waals surface area contributed by atoms with E-state index in [1.807, 2.05) is 0 Å². The van der Waals surface area contributed by atoms with Gasteiger partial charge in [0, 0.05) is 0 Å². The van der Waals surface area contributed by atoms with Gasteiger partial charge < -0.3 is 5.32 Å². The lowest BCUT2D eigenvalue weighted by molar-refractivity contribution is 0.280. The van der Waals surface area contributed by atoms with Crippen molar-refractivity contribution >= 4 is 9.84 Å². The Morgan fingerprint density at radius 3 is 2.08 bits per heavy atom. The summed E-state index contributed by atoms with van der Waals surface area (Å²) in [5.74, 6) is 2.07. The van der Waals surface area contributed by atoms with Crippen LogP contribution in [-0.2, 0) is 9.84 Å². The van der Waals surface area contributed by atoms with Gasteiger partial charge in [0.05, 0.1) is 11.5 Å². The highest BCUT2D eigenvalue weighted by Crippen LogP contribution is 2.31. The molecule has 0 radical (unpaired) electrons. The predicted molar refractivity (Wildman–Crippen MR) is 47.7 cm³/mol. The van der Waals surface area contributed by atoms with Gasteiger partial charge in [0.25, 0.3) is 0 Å². The Labute approximate surface area is 73.5 Å². The molecule has 12 heavy (non-hydrogen) atoms. The first-order valence-corrected chi connectivity index (χ1v) is 6.41. The quantitative estimate of drug-likeness (QED) is 0.633. The van der Waals surface area contributed by atoms with E-state index in [4.69, 9.17) is 0 Å². The lowest BCUT2D eigenvalue weighted by Crippen LogP contribution is -2.44. The van der Waals surface area contributed by atoms with Gasteiger partial charge in [-0.1, -0.05) is 0 Å². The minimum atomic E-state index is -2.60. The molecule has 2 aliphatic heterocycles. The largest absolute Gasteiger partial charge is 0.317 e. The fourth-order valence-electron chi connectivity index (χ4n) is 2.19. The van der Waals surface area contributed by atoms with Crippen molar-refractivity contribution in [2.24, 2.45) is 11.8 Å². The van der Waals surface area contributed by atoms with Crippen molar-refractivity contribution in [1.29, 1.82) is 0 Å². The molecule has 2 heterocycles. The van der Waals surface area contributed by atoms with Crippen molar-refractivity contribution in [2.75, 3.05) is 24.6 Å². The average molecular weight is 189 g/mol. The van der Waals surface area contributed by atoms with Crippen LogP contribution in [0.1, 0.15) is 12.8 Å². The molecule has 2 fully saturated rings. The molecular formula is C8H15NO2S. The van der Waals surface area contributed by atoms with Gasteiger partial charge in [-0.15, -0.1) is 0 Å². The lowest BCUT2D eigenvalue weighted by Gasteiger charge is -2.35. The van der Waals surface area contributed by atoms with Gasteiger partial charge >= 0.3 is 0 Å². The van der Waals surface area contributed by atoms with E-state index in [2.05, 4.69) is 5.32 Å². The number of sulfone groups is 1. The van der Waals surface area contributed by atoms with Crippen molar-refractivity contribution in [3.8, 4) is 0 Å². The van der Waals surface area contributed by atoms with E-state index in [9.17, 15) is 8.42 Å². The van der Waals surface area contributed by atoms with E-state index in [1.54, 1.807) is 0 Å². The smallest absolute Gasteiger partial charge is 0.150 e. The molecule has 0 aromatic carbocycles. The zero-order chi connectivity index (χ0) is 8.60. The molecule has 0 aromatic rings. The molecule has 1 N–H and O–H groups in total. The van der Waals surface area contributed by atoms with Gasteiger partial charge in [-0.3, -0.25) is 0 Å². The van der Waals surface area contributed by atoms with E-state index in [0.29, 0.717) is 23.3 Å². The summed E-state index contributed by atoms with van der Waals surface area (Å²) in [5, 5.41) is 3.29. The topological polar surface area (TPSA) is 46.2 Å². The SMILES string of the molecule is O=S1(=O)CC(C2CCNCC2)C1. The van der Waals surface area contributed by atoms with Gasteiger partial charge in [-0.25, -0.2) is 8.42 Å². The highest BCUT2D eigenvalue weighted by Gasteiger charge is 2.38. The fraction of sp³-hybridized carbons (Fsp3) is 1.00. The predicted octanol–water partition coefficient (Wildman–Crippen LogP) is 0.0306. The first-order valence-electron chi connectivity index (χ1n) is 4.58. The second-order valence-electron chi connectivity index (χ2n) is 3.92. The monoisotopic (exact) mass is 189 g/mol. The minimum absolute atomic E-state index is 0.456. The maximum Gasteiger partial charge on any atom is 0.150 e. The van der Waals surface area contributed by atoms with E-state index >= 15 is 0 Å². The first kappa shape index (κ1) is 8.51. The molecule has 4 heteroatoms. The number of rotatable bonds is 1. The van der Waals surface area contributed by atoms with Crippen molar-refractivity contribution in [1.82, 2.24) is 5.32 Å². The molecule has 2 aliphatic rings. The summed E-state index contributed by atoms with van der Waals surface area (Å²) in [4.78, 5) is 0. The highest BCUT2D eigenvalue weighted by atomic mass is 32.2. The lowest BCUT2D eigenvalue weighted by atomic mass is 9.87. The first-order chi connectivity index (χ1) is 5.67. The Hall–Kier alpha value is -0.0900. The summed E-state index contributed by atoms with van der Waals surface area (Å²) in [6.45, 7) is 2.14. The van der Waals surface area contributed by atoms with Crippen LogP contribution >= 0.6 is 0 Å². The third kappa shape index (κ3) is 1.64. The number of nitrogens with one attached hydrogen (secondary N) is 1. The minimum Gasteiger partial charge on any atom is -0.317 e. The molecule has 2 rings (SSSR count). The van der Waals surface area contributed by atoms with Crippen LogP contribution in [-0.4, -0.2) is 33.0 Å². The second-order valence-corrected chi connectivity index (χ2v) is 6.08. The van der Waals surface area contributed by atoms with Crippen LogP contribution in [0.5, 0.6) is 0 Å². The zero-order valence-corrected chi connectivity index (χ0v) is 7.94. The van der Waals surface area contributed by atoms with Crippen LogP contribution in [0.15, 0.2) is 0 Å². The van der Waals surface area contributed by atoms with Gasteiger partial charge in [0.2, 0.25) is 0 Å². The van der Waals surface area contributed by atoms with Gasteiger partial charge in [-0.05, 0) is 37.8 Å². The second kappa shape index (κ2) is 3.00. The number of piperidine rings is 1. The molecular weight excluding hydrogens is 174 g/mol.